The van der Waals surface area contributed by atoms with Crippen LogP contribution in [0.25, 0.3) is 0 Å². The van der Waals surface area contributed by atoms with Crippen molar-refractivity contribution in [2.75, 3.05) is 0 Å². The van der Waals surface area contributed by atoms with Gasteiger partial charge in [0.2, 0.25) is 0 Å². The third-order valence-corrected chi connectivity index (χ3v) is 10.8. The lowest BCUT2D eigenvalue weighted by atomic mass is 9.71. The van der Waals surface area contributed by atoms with Crippen LogP contribution >= 0.6 is 0 Å². The number of carbonyl (C=O) groups is 2. The number of piperidine rings is 2. The van der Waals surface area contributed by atoms with Gasteiger partial charge in [0.15, 0.2) is 0 Å². The Labute approximate surface area is 208 Å². The molecular formula is C27H40N2O6. The van der Waals surface area contributed by atoms with Crippen LogP contribution in [0.4, 0.5) is 0 Å². The van der Waals surface area contributed by atoms with E-state index in [1.165, 1.54) is 0 Å². The number of ether oxygens (including phenoxy) is 2. The second-order valence-electron chi connectivity index (χ2n) is 14.9. The first kappa shape index (κ1) is 24.1. The summed E-state index contributed by atoms with van der Waals surface area (Å²) in [6, 6.07) is 0. The van der Waals surface area contributed by atoms with Gasteiger partial charge >= 0.3 is 11.9 Å². The van der Waals surface area contributed by atoms with Crippen LogP contribution in [-0.4, -0.2) is 56.4 Å². The monoisotopic (exact) mass is 488 g/mol. The number of esters is 2. The molecule has 0 aromatic carbocycles. The first-order valence-corrected chi connectivity index (χ1v) is 13.3. The molecule has 2 heterocycles. The molecule has 5 aliphatic carbocycles. The zero-order chi connectivity index (χ0) is 25.7. The lowest BCUT2D eigenvalue weighted by molar-refractivity contribution is -0.300. The Hall–Kier alpha value is -1.22. The molecule has 0 aromatic heterocycles. The molecule has 194 valence electrons. The van der Waals surface area contributed by atoms with Crippen LogP contribution in [0.1, 0.15) is 87.5 Å². The maximum absolute atomic E-state index is 13.7. The van der Waals surface area contributed by atoms with E-state index >= 15 is 0 Å². The molecule has 0 unspecified atom stereocenters. The number of rotatable bonds is 4. The van der Waals surface area contributed by atoms with Gasteiger partial charge in [0.1, 0.15) is 12.2 Å². The number of nitrogens with zero attached hydrogens (tertiary/aromatic N) is 2. The highest BCUT2D eigenvalue weighted by Gasteiger charge is 3.10. The van der Waals surface area contributed by atoms with Crippen LogP contribution in [0, 0.1) is 34.5 Å². The first-order chi connectivity index (χ1) is 15.9. The van der Waals surface area contributed by atoms with Crippen LogP contribution in [0.2, 0.25) is 0 Å². The Balaban J connectivity index is 1.19. The molecule has 0 aromatic rings. The van der Waals surface area contributed by atoms with Gasteiger partial charge in [-0.25, -0.2) is 0 Å². The number of hydrogen-bond donors (Lipinski definition) is 0. The van der Waals surface area contributed by atoms with E-state index in [0.717, 1.165) is 16.5 Å². The van der Waals surface area contributed by atoms with Crippen molar-refractivity contribution in [3.8, 4) is 0 Å². The summed E-state index contributed by atoms with van der Waals surface area (Å²) in [4.78, 5) is 27.4. The largest absolute Gasteiger partial charge is 0.462 e. The Morgan fingerprint density at radius 2 is 0.886 bits per heavy atom. The van der Waals surface area contributed by atoms with Crippen molar-refractivity contribution < 1.29 is 29.5 Å². The van der Waals surface area contributed by atoms with Crippen molar-refractivity contribution in [1.82, 2.24) is 10.1 Å². The van der Waals surface area contributed by atoms with Crippen molar-refractivity contribution in [1.29, 1.82) is 0 Å². The molecule has 2 bridgehead atoms. The van der Waals surface area contributed by atoms with E-state index in [1.807, 2.05) is 55.4 Å². The van der Waals surface area contributed by atoms with Gasteiger partial charge in [-0.2, -0.15) is 0 Å². The maximum Gasteiger partial charge on any atom is 0.314 e. The summed E-state index contributed by atoms with van der Waals surface area (Å²) in [5.74, 6) is 0.483. The highest BCUT2D eigenvalue weighted by Crippen LogP contribution is 3.05. The molecule has 7 aliphatic rings. The normalized spacial score (nSPS) is 46.3. The van der Waals surface area contributed by atoms with Crippen LogP contribution in [0.5, 0.6) is 0 Å². The van der Waals surface area contributed by atoms with Crippen LogP contribution in [-0.2, 0) is 29.5 Å². The van der Waals surface area contributed by atoms with E-state index in [9.17, 15) is 20.0 Å². The van der Waals surface area contributed by atoms with Crippen molar-refractivity contribution in [3.05, 3.63) is 0 Å². The summed E-state index contributed by atoms with van der Waals surface area (Å²) < 4.78 is 12.3. The lowest BCUT2D eigenvalue weighted by Gasteiger charge is -2.50. The van der Waals surface area contributed by atoms with E-state index < -0.39 is 33.0 Å². The Morgan fingerprint density at radius 1 is 0.600 bits per heavy atom. The zero-order valence-corrected chi connectivity index (χ0v) is 22.3. The Kier molecular flexibility index (Phi) is 4.43. The summed E-state index contributed by atoms with van der Waals surface area (Å²) in [5, 5.41) is 27.7. The minimum atomic E-state index is -0.716. The summed E-state index contributed by atoms with van der Waals surface area (Å²) in [6.07, 6.45) is 2.18. The smallest absolute Gasteiger partial charge is 0.314 e. The molecule has 8 nitrogen and oxygen atoms in total. The van der Waals surface area contributed by atoms with Crippen molar-refractivity contribution in [2.24, 2.45) is 34.5 Å². The fourth-order valence-electron chi connectivity index (χ4n) is 9.97. The number of hydroxylamine groups is 4. The molecular weight excluding hydrogens is 448 g/mol. The summed E-state index contributed by atoms with van der Waals surface area (Å²) >= 11 is 0. The molecule has 7 fully saturated rings. The van der Waals surface area contributed by atoms with Gasteiger partial charge in [0.05, 0.1) is 10.8 Å². The average Bonchev–Trinajstić information content (AvgIpc) is 3.33. The Bertz CT molecular complexity index is 874. The predicted molar refractivity (Wildman–Crippen MR) is 123 cm³/mol. The van der Waals surface area contributed by atoms with Crippen molar-refractivity contribution in [2.45, 2.75) is 122 Å². The molecule has 5 saturated carbocycles. The van der Waals surface area contributed by atoms with E-state index in [-0.39, 0.29) is 47.8 Å². The quantitative estimate of drug-likeness (QED) is 0.560. The summed E-state index contributed by atoms with van der Waals surface area (Å²) in [5.41, 5.74) is -3.92. The molecule has 8 heteroatoms. The third-order valence-electron chi connectivity index (χ3n) is 10.8. The van der Waals surface area contributed by atoms with E-state index in [1.54, 1.807) is 0 Å². The minimum Gasteiger partial charge on any atom is -0.462 e. The highest BCUT2D eigenvalue weighted by molar-refractivity contribution is 6.01. The number of carbonyl (C=O) groups excluding carboxylic acids is 2. The molecule has 7 rings (SSSR count). The third kappa shape index (κ3) is 2.67. The van der Waals surface area contributed by atoms with Crippen LogP contribution < -0.4 is 0 Å². The van der Waals surface area contributed by atoms with Gasteiger partial charge in [0, 0.05) is 47.8 Å². The molecule has 2 saturated heterocycles. The van der Waals surface area contributed by atoms with Gasteiger partial charge in [-0.3, -0.25) is 9.59 Å². The van der Waals surface area contributed by atoms with Gasteiger partial charge in [-0.05, 0) is 85.5 Å². The topological polar surface area (TPSA) is 98.9 Å². The molecule has 35 heavy (non-hydrogen) atoms. The number of hydrogen-bond acceptors (Lipinski definition) is 6. The van der Waals surface area contributed by atoms with Gasteiger partial charge in [-0.15, -0.1) is 20.5 Å². The lowest BCUT2D eigenvalue weighted by Crippen LogP contribution is -2.61. The van der Waals surface area contributed by atoms with Gasteiger partial charge in [0.25, 0.3) is 0 Å². The average molecular weight is 489 g/mol. The summed E-state index contributed by atoms with van der Waals surface area (Å²) in [7, 11) is 0. The van der Waals surface area contributed by atoms with Crippen molar-refractivity contribution >= 4 is 11.9 Å². The minimum absolute atomic E-state index is 0.231. The second-order valence-corrected chi connectivity index (χ2v) is 14.9. The Morgan fingerprint density at radius 3 is 1.14 bits per heavy atom. The summed E-state index contributed by atoms with van der Waals surface area (Å²) in [6.45, 7) is 15.2. The van der Waals surface area contributed by atoms with E-state index in [2.05, 4.69) is 0 Å². The van der Waals surface area contributed by atoms with Crippen molar-refractivity contribution in [3.63, 3.8) is 0 Å². The van der Waals surface area contributed by atoms with Gasteiger partial charge in [-0.1, -0.05) is 0 Å². The SMILES string of the molecule is CC1(C)CC(OC(=O)[C@]23[C@H]4[C@H]5[C@@H](C[C@@H]42)[C@@]53C(=O)OC2CC(C)(C)N([O])C(C)(C)C2)CC(C)(C)N1[O]. The molecule has 2 radical (unpaired) electrons. The molecule has 2 aliphatic heterocycles. The standard InChI is InChI=1S/C27H40N2O6/c1-22(2)10-14(11-23(3,4)28(22)32)34-20(30)26-16-9-17-19(18(16)26)27(17,26)21(31)35-15-12-24(5,6)29(33)25(7,8)13-15/h14-19H,9-13H2,1-8H3/t16-,17+,18-,19-,26+,27-/m1/s1. The first-order valence-electron chi connectivity index (χ1n) is 13.3. The maximum atomic E-state index is 13.7. The van der Waals surface area contributed by atoms with E-state index in [4.69, 9.17) is 9.47 Å². The van der Waals surface area contributed by atoms with Crippen LogP contribution in [0.15, 0.2) is 0 Å². The molecule has 0 N–H and O–H groups in total. The zero-order valence-electron chi connectivity index (χ0n) is 22.3. The van der Waals surface area contributed by atoms with E-state index in [0.29, 0.717) is 25.7 Å². The highest BCUT2D eigenvalue weighted by atomic mass is 16.6. The second kappa shape index (κ2) is 6.43. The molecule has 0 amide bonds. The van der Waals surface area contributed by atoms with Crippen LogP contribution in [0.3, 0.4) is 0 Å². The fraction of sp³-hybridized carbons (Fsp3) is 0.926. The molecule has 0 spiro atoms. The van der Waals surface area contributed by atoms with Gasteiger partial charge < -0.3 is 9.47 Å². The predicted octanol–water partition coefficient (Wildman–Crippen LogP) is 3.69. The fourth-order valence-corrected chi connectivity index (χ4v) is 9.97. The molecule has 6 atom stereocenters.